The summed E-state index contributed by atoms with van der Waals surface area (Å²) in [5.41, 5.74) is 0.382. The Hall–Kier alpha value is -1.10. The number of hydrogen-bond acceptors (Lipinski definition) is 2. The largest absolute Gasteiger partial charge is 0.416 e. The van der Waals surface area contributed by atoms with Gasteiger partial charge in [0.15, 0.2) is 0 Å². The van der Waals surface area contributed by atoms with E-state index in [0.717, 1.165) is 25.5 Å². The van der Waals surface area contributed by atoms with Crippen LogP contribution in [0.2, 0.25) is 0 Å². The standard InChI is InChI=1S/C14H19F3N2.C2H6/c1-10-8-11(14(15,16)17)9-13(19-10)6-5-12-4-2-3-7-18-12;1-2/h8-9,12,18H,2-7H2,1H3;1-2H3. The quantitative estimate of drug-likeness (QED) is 0.888. The van der Waals surface area contributed by atoms with Crippen LogP contribution in [0.25, 0.3) is 0 Å². The molecule has 0 saturated carbocycles. The van der Waals surface area contributed by atoms with Gasteiger partial charge in [-0.15, -0.1) is 0 Å². The fourth-order valence-corrected chi connectivity index (χ4v) is 2.52. The van der Waals surface area contributed by atoms with Gasteiger partial charge in [0, 0.05) is 17.4 Å². The zero-order valence-corrected chi connectivity index (χ0v) is 13.1. The summed E-state index contributed by atoms with van der Waals surface area (Å²) < 4.78 is 38.1. The van der Waals surface area contributed by atoms with Gasteiger partial charge in [0.05, 0.1) is 5.56 Å². The van der Waals surface area contributed by atoms with Crippen LogP contribution in [0.5, 0.6) is 0 Å². The van der Waals surface area contributed by atoms with Crippen molar-refractivity contribution in [2.24, 2.45) is 0 Å². The van der Waals surface area contributed by atoms with Gasteiger partial charge in [0.2, 0.25) is 0 Å². The van der Waals surface area contributed by atoms with Crippen molar-refractivity contribution in [1.29, 1.82) is 0 Å². The van der Waals surface area contributed by atoms with Gasteiger partial charge in [-0.25, -0.2) is 0 Å². The second kappa shape index (κ2) is 8.37. The lowest BCUT2D eigenvalue weighted by Crippen LogP contribution is -2.34. The predicted octanol–water partition coefficient (Wildman–Crippen LogP) is 4.51. The highest BCUT2D eigenvalue weighted by Gasteiger charge is 2.31. The van der Waals surface area contributed by atoms with Crippen LogP contribution in [0, 0.1) is 6.92 Å². The minimum absolute atomic E-state index is 0.422. The van der Waals surface area contributed by atoms with Crippen LogP contribution in [-0.2, 0) is 12.6 Å². The number of pyridine rings is 1. The first kappa shape index (κ1) is 18.0. The smallest absolute Gasteiger partial charge is 0.314 e. The average Bonchev–Trinajstić information content (AvgIpc) is 2.47. The molecule has 0 amide bonds. The molecule has 0 bridgehead atoms. The van der Waals surface area contributed by atoms with Crippen molar-refractivity contribution in [3.05, 3.63) is 29.1 Å². The Labute approximate surface area is 125 Å². The van der Waals surface area contributed by atoms with E-state index in [9.17, 15) is 13.2 Å². The molecule has 1 aromatic rings. The summed E-state index contributed by atoms with van der Waals surface area (Å²) in [5.74, 6) is 0. The Morgan fingerprint density at radius 3 is 2.52 bits per heavy atom. The molecule has 1 aliphatic heterocycles. The molecule has 1 fully saturated rings. The lowest BCUT2D eigenvalue weighted by Gasteiger charge is -2.23. The maximum Gasteiger partial charge on any atom is 0.416 e. The summed E-state index contributed by atoms with van der Waals surface area (Å²) in [4.78, 5) is 4.20. The van der Waals surface area contributed by atoms with Crippen LogP contribution in [-0.4, -0.2) is 17.6 Å². The summed E-state index contributed by atoms with van der Waals surface area (Å²) in [6.07, 6.45) is 0.670. The first-order valence-corrected chi connectivity index (χ1v) is 7.73. The second-order valence-corrected chi connectivity index (χ2v) is 5.17. The average molecular weight is 302 g/mol. The molecule has 21 heavy (non-hydrogen) atoms. The van der Waals surface area contributed by atoms with Crippen molar-refractivity contribution < 1.29 is 13.2 Å². The van der Waals surface area contributed by atoms with Gasteiger partial charge in [-0.2, -0.15) is 13.2 Å². The number of alkyl halides is 3. The molecule has 0 spiro atoms. The molecule has 1 unspecified atom stereocenters. The Kier molecular flexibility index (Phi) is 7.15. The SMILES string of the molecule is CC.Cc1cc(C(F)(F)F)cc(CCC2CCCCN2)n1. The number of nitrogens with zero attached hydrogens (tertiary/aromatic N) is 1. The minimum Gasteiger partial charge on any atom is -0.314 e. The maximum atomic E-state index is 12.7. The first-order chi connectivity index (χ1) is 9.95. The number of piperidine rings is 1. The summed E-state index contributed by atoms with van der Waals surface area (Å²) in [6, 6.07) is 2.70. The van der Waals surface area contributed by atoms with Crippen molar-refractivity contribution in [2.75, 3.05) is 6.54 Å². The Balaban J connectivity index is 0.00000106. The van der Waals surface area contributed by atoms with Crippen LogP contribution in [0.4, 0.5) is 13.2 Å². The van der Waals surface area contributed by atoms with Gasteiger partial charge in [0.25, 0.3) is 0 Å². The highest BCUT2D eigenvalue weighted by atomic mass is 19.4. The lowest BCUT2D eigenvalue weighted by atomic mass is 9.99. The first-order valence-electron chi connectivity index (χ1n) is 7.73. The third-order valence-corrected chi connectivity index (χ3v) is 3.50. The molecule has 2 heterocycles. The second-order valence-electron chi connectivity index (χ2n) is 5.17. The number of halogens is 3. The number of hydrogen-bond donors (Lipinski definition) is 1. The zero-order chi connectivity index (χ0) is 15.9. The number of rotatable bonds is 3. The number of nitrogens with one attached hydrogen (secondary N) is 1. The number of aromatic nitrogens is 1. The highest BCUT2D eigenvalue weighted by Crippen LogP contribution is 2.30. The fourth-order valence-electron chi connectivity index (χ4n) is 2.52. The van der Waals surface area contributed by atoms with E-state index in [4.69, 9.17) is 0 Å². The van der Waals surface area contributed by atoms with Gasteiger partial charge in [0.1, 0.15) is 0 Å². The highest BCUT2D eigenvalue weighted by molar-refractivity contribution is 5.23. The molecule has 2 nitrogen and oxygen atoms in total. The van der Waals surface area contributed by atoms with E-state index in [2.05, 4.69) is 10.3 Å². The van der Waals surface area contributed by atoms with Crippen molar-refractivity contribution in [2.45, 2.75) is 65.1 Å². The fraction of sp³-hybridized carbons (Fsp3) is 0.688. The van der Waals surface area contributed by atoms with E-state index in [1.807, 2.05) is 13.8 Å². The van der Waals surface area contributed by atoms with Gasteiger partial charge >= 0.3 is 6.18 Å². The zero-order valence-electron chi connectivity index (χ0n) is 13.1. The molecule has 1 atom stereocenters. The minimum atomic E-state index is -4.29. The Bertz CT molecular complexity index is 424. The van der Waals surface area contributed by atoms with Crippen LogP contribution in [0.15, 0.2) is 12.1 Å². The molecule has 1 saturated heterocycles. The molecule has 0 aromatic carbocycles. The van der Waals surface area contributed by atoms with Gasteiger partial charge in [-0.05, 0) is 51.3 Å². The van der Waals surface area contributed by atoms with Gasteiger partial charge < -0.3 is 5.32 Å². The molecule has 1 aliphatic rings. The van der Waals surface area contributed by atoms with Crippen molar-refractivity contribution in [3.8, 4) is 0 Å². The monoisotopic (exact) mass is 302 g/mol. The van der Waals surface area contributed by atoms with Crippen molar-refractivity contribution in [3.63, 3.8) is 0 Å². The van der Waals surface area contributed by atoms with E-state index >= 15 is 0 Å². The molecule has 0 aliphatic carbocycles. The Morgan fingerprint density at radius 1 is 1.24 bits per heavy atom. The summed E-state index contributed by atoms with van der Waals surface area (Å²) in [6.45, 7) is 6.62. The maximum absolute atomic E-state index is 12.7. The predicted molar refractivity (Wildman–Crippen MR) is 79.3 cm³/mol. The molecule has 0 radical (unpaired) electrons. The summed E-state index contributed by atoms with van der Waals surface area (Å²) >= 11 is 0. The van der Waals surface area contributed by atoms with E-state index in [-0.39, 0.29) is 0 Å². The van der Waals surface area contributed by atoms with E-state index in [1.54, 1.807) is 6.92 Å². The van der Waals surface area contributed by atoms with Gasteiger partial charge in [-0.3, -0.25) is 4.98 Å². The molecular weight excluding hydrogens is 277 g/mol. The van der Waals surface area contributed by atoms with E-state index < -0.39 is 11.7 Å². The normalized spacial score (nSPS) is 18.9. The van der Waals surface area contributed by atoms with Crippen LogP contribution >= 0.6 is 0 Å². The van der Waals surface area contributed by atoms with E-state index in [0.29, 0.717) is 23.9 Å². The summed E-state index contributed by atoms with van der Waals surface area (Å²) in [5, 5.41) is 3.40. The summed E-state index contributed by atoms with van der Waals surface area (Å²) in [7, 11) is 0. The van der Waals surface area contributed by atoms with Crippen LogP contribution < -0.4 is 5.32 Å². The molecule has 120 valence electrons. The molecular formula is C16H25F3N2. The van der Waals surface area contributed by atoms with E-state index in [1.165, 1.54) is 18.9 Å². The third-order valence-electron chi connectivity index (χ3n) is 3.50. The molecule has 5 heteroatoms. The number of aryl methyl sites for hydroxylation is 2. The third kappa shape index (κ3) is 6.04. The topological polar surface area (TPSA) is 24.9 Å². The molecule has 1 N–H and O–H groups in total. The van der Waals surface area contributed by atoms with Crippen LogP contribution in [0.3, 0.4) is 0 Å². The molecule has 1 aromatic heterocycles. The Morgan fingerprint density at radius 2 is 1.95 bits per heavy atom. The van der Waals surface area contributed by atoms with Gasteiger partial charge in [-0.1, -0.05) is 20.3 Å². The van der Waals surface area contributed by atoms with Crippen molar-refractivity contribution in [1.82, 2.24) is 10.3 Å². The lowest BCUT2D eigenvalue weighted by molar-refractivity contribution is -0.137. The van der Waals surface area contributed by atoms with Crippen molar-refractivity contribution >= 4 is 0 Å². The molecule has 2 rings (SSSR count). The van der Waals surface area contributed by atoms with Crippen LogP contribution in [0.1, 0.15) is 56.5 Å².